The van der Waals surface area contributed by atoms with Crippen molar-refractivity contribution in [3.8, 4) is 11.5 Å². The van der Waals surface area contributed by atoms with E-state index in [1.54, 1.807) is 7.11 Å². The number of rotatable bonds is 7. The van der Waals surface area contributed by atoms with E-state index in [4.69, 9.17) is 19.9 Å². The summed E-state index contributed by atoms with van der Waals surface area (Å²) in [6, 6.07) is 15.2. The summed E-state index contributed by atoms with van der Waals surface area (Å²) in [6.45, 7) is 1.55. The van der Waals surface area contributed by atoms with Gasteiger partial charge in [0.1, 0.15) is 6.61 Å². The molecule has 0 radical (unpaired) electrons. The number of methoxy groups -OCH3 is 1. The molecule has 0 heterocycles. The predicted octanol–water partition coefficient (Wildman–Crippen LogP) is 2.87. The molecule has 2 rings (SSSR count). The van der Waals surface area contributed by atoms with Crippen LogP contribution in [0.3, 0.4) is 0 Å². The van der Waals surface area contributed by atoms with Gasteiger partial charge in [0.25, 0.3) is 0 Å². The summed E-state index contributed by atoms with van der Waals surface area (Å²) in [5, 5.41) is 0. The van der Waals surface area contributed by atoms with Gasteiger partial charge in [-0.25, -0.2) is 0 Å². The molecule has 0 aliphatic rings. The van der Waals surface area contributed by atoms with Crippen LogP contribution in [0, 0.1) is 0 Å². The first-order valence-corrected chi connectivity index (χ1v) is 6.47. The fourth-order valence-electron chi connectivity index (χ4n) is 1.75. The molecule has 0 aliphatic heterocycles. The predicted molar refractivity (Wildman–Crippen MR) is 79.0 cm³/mol. The minimum absolute atomic E-state index is 0.481. The van der Waals surface area contributed by atoms with Crippen molar-refractivity contribution < 1.29 is 14.2 Å². The molecule has 0 aromatic heterocycles. The maximum atomic E-state index is 5.62. The van der Waals surface area contributed by atoms with E-state index in [9.17, 15) is 0 Å². The Bertz CT molecular complexity index is 526. The highest BCUT2D eigenvalue weighted by Gasteiger charge is 2.01. The molecule has 0 atom stereocenters. The lowest BCUT2D eigenvalue weighted by atomic mass is 10.2. The Labute approximate surface area is 119 Å². The third kappa shape index (κ3) is 4.17. The fourth-order valence-corrected chi connectivity index (χ4v) is 1.75. The van der Waals surface area contributed by atoms with Gasteiger partial charge in [-0.2, -0.15) is 0 Å². The van der Waals surface area contributed by atoms with Crippen molar-refractivity contribution in [1.82, 2.24) is 0 Å². The van der Waals surface area contributed by atoms with E-state index < -0.39 is 0 Å². The van der Waals surface area contributed by atoms with Gasteiger partial charge in [0, 0.05) is 5.69 Å². The zero-order valence-electron chi connectivity index (χ0n) is 11.5. The molecule has 0 saturated carbocycles. The smallest absolute Gasteiger partial charge is 0.161 e. The molecule has 0 aliphatic carbocycles. The van der Waals surface area contributed by atoms with Gasteiger partial charge in [-0.3, -0.25) is 0 Å². The van der Waals surface area contributed by atoms with Crippen LogP contribution in [0.2, 0.25) is 0 Å². The summed E-state index contributed by atoms with van der Waals surface area (Å²) >= 11 is 0. The second-order valence-electron chi connectivity index (χ2n) is 4.29. The van der Waals surface area contributed by atoms with Gasteiger partial charge in [-0.15, -0.1) is 0 Å². The van der Waals surface area contributed by atoms with Crippen molar-refractivity contribution in [1.29, 1.82) is 0 Å². The Morgan fingerprint density at radius 2 is 1.60 bits per heavy atom. The number of nitrogen functional groups attached to an aromatic ring is 1. The second kappa shape index (κ2) is 7.40. The number of para-hydroxylation sites is 2. The Morgan fingerprint density at radius 1 is 0.900 bits per heavy atom. The van der Waals surface area contributed by atoms with Crippen LogP contribution in [0.5, 0.6) is 11.5 Å². The first-order valence-electron chi connectivity index (χ1n) is 6.47. The highest BCUT2D eigenvalue weighted by molar-refractivity contribution is 5.39. The molecular formula is C16H19NO3. The molecule has 2 aromatic rings. The van der Waals surface area contributed by atoms with Gasteiger partial charge in [0.05, 0.1) is 20.3 Å². The SMILES string of the molecule is COc1ccccc1OCCOCc1ccc(N)cc1. The Morgan fingerprint density at radius 3 is 2.30 bits per heavy atom. The Balaban J connectivity index is 1.70. The van der Waals surface area contributed by atoms with Crippen LogP contribution in [0.4, 0.5) is 5.69 Å². The van der Waals surface area contributed by atoms with Crippen LogP contribution in [-0.2, 0) is 11.3 Å². The lowest BCUT2D eigenvalue weighted by Gasteiger charge is -2.10. The molecule has 0 amide bonds. The van der Waals surface area contributed by atoms with Gasteiger partial charge in [0.15, 0.2) is 11.5 Å². The van der Waals surface area contributed by atoms with E-state index in [0.29, 0.717) is 19.8 Å². The van der Waals surface area contributed by atoms with E-state index in [1.807, 2.05) is 48.5 Å². The zero-order valence-corrected chi connectivity index (χ0v) is 11.5. The van der Waals surface area contributed by atoms with E-state index in [2.05, 4.69) is 0 Å². The number of ether oxygens (including phenoxy) is 3. The monoisotopic (exact) mass is 273 g/mol. The fraction of sp³-hybridized carbons (Fsp3) is 0.250. The van der Waals surface area contributed by atoms with Crippen molar-refractivity contribution in [2.75, 3.05) is 26.1 Å². The van der Waals surface area contributed by atoms with Crippen molar-refractivity contribution in [2.45, 2.75) is 6.61 Å². The molecule has 4 nitrogen and oxygen atoms in total. The average Bonchev–Trinajstić information content (AvgIpc) is 2.49. The molecule has 0 fully saturated rings. The van der Waals surface area contributed by atoms with E-state index >= 15 is 0 Å². The summed E-state index contributed by atoms with van der Waals surface area (Å²) in [4.78, 5) is 0. The lowest BCUT2D eigenvalue weighted by Crippen LogP contribution is -2.07. The summed E-state index contributed by atoms with van der Waals surface area (Å²) in [6.07, 6.45) is 0. The molecule has 2 N–H and O–H groups in total. The highest BCUT2D eigenvalue weighted by atomic mass is 16.5. The molecule has 0 unspecified atom stereocenters. The Hall–Kier alpha value is -2.20. The molecule has 0 saturated heterocycles. The third-order valence-electron chi connectivity index (χ3n) is 2.80. The summed E-state index contributed by atoms with van der Waals surface area (Å²) < 4.78 is 16.4. The van der Waals surface area contributed by atoms with Gasteiger partial charge in [-0.1, -0.05) is 24.3 Å². The summed E-state index contributed by atoms with van der Waals surface area (Å²) in [7, 11) is 1.62. The minimum atomic E-state index is 0.481. The number of anilines is 1. The topological polar surface area (TPSA) is 53.7 Å². The number of benzene rings is 2. The molecule has 4 heteroatoms. The largest absolute Gasteiger partial charge is 0.493 e. The lowest BCUT2D eigenvalue weighted by molar-refractivity contribution is 0.0880. The Kier molecular flexibility index (Phi) is 5.26. The van der Waals surface area contributed by atoms with E-state index in [1.165, 1.54) is 0 Å². The quantitative estimate of drug-likeness (QED) is 0.622. The van der Waals surface area contributed by atoms with Crippen LogP contribution in [0.1, 0.15) is 5.56 Å². The molecular weight excluding hydrogens is 254 g/mol. The highest BCUT2D eigenvalue weighted by Crippen LogP contribution is 2.25. The molecule has 106 valence electrons. The van der Waals surface area contributed by atoms with Gasteiger partial charge < -0.3 is 19.9 Å². The number of hydrogen-bond acceptors (Lipinski definition) is 4. The number of hydrogen-bond donors (Lipinski definition) is 1. The van der Waals surface area contributed by atoms with Gasteiger partial charge >= 0.3 is 0 Å². The van der Waals surface area contributed by atoms with Crippen LogP contribution in [-0.4, -0.2) is 20.3 Å². The van der Waals surface area contributed by atoms with Crippen LogP contribution in [0.15, 0.2) is 48.5 Å². The maximum Gasteiger partial charge on any atom is 0.161 e. The van der Waals surface area contributed by atoms with Gasteiger partial charge in [-0.05, 0) is 29.8 Å². The average molecular weight is 273 g/mol. The molecule has 20 heavy (non-hydrogen) atoms. The first kappa shape index (κ1) is 14.2. The van der Waals surface area contributed by atoms with Crippen molar-refractivity contribution in [3.63, 3.8) is 0 Å². The van der Waals surface area contributed by atoms with E-state index in [0.717, 1.165) is 22.7 Å². The molecule has 0 bridgehead atoms. The standard InChI is InChI=1S/C16H19NO3/c1-18-15-4-2-3-5-16(15)20-11-10-19-12-13-6-8-14(17)9-7-13/h2-9H,10-12,17H2,1H3. The van der Waals surface area contributed by atoms with Crippen LogP contribution < -0.4 is 15.2 Å². The maximum absolute atomic E-state index is 5.62. The summed E-state index contributed by atoms with van der Waals surface area (Å²) in [5.74, 6) is 1.46. The first-order chi connectivity index (χ1) is 9.79. The zero-order chi connectivity index (χ0) is 14.2. The molecule has 2 aromatic carbocycles. The number of nitrogens with two attached hydrogens (primary N) is 1. The van der Waals surface area contributed by atoms with Crippen LogP contribution in [0.25, 0.3) is 0 Å². The molecule has 0 spiro atoms. The summed E-state index contributed by atoms with van der Waals surface area (Å²) in [5.41, 5.74) is 7.47. The van der Waals surface area contributed by atoms with Crippen molar-refractivity contribution >= 4 is 5.69 Å². The minimum Gasteiger partial charge on any atom is -0.493 e. The van der Waals surface area contributed by atoms with Crippen molar-refractivity contribution in [3.05, 3.63) is 54.1 Å². The second-order valence-corrected chi connectivity index (χ2v) is 4.29. The van der Waals surface area contributed by atoms with Gasteiger partial charge in [0.2, 0.25) is 0 Å². The third-order valence-corrected chi connectivity index (χ3v) is 2.80. The normalized spacial score (nSPS) is 10.2. The van der Waals surface area contributed by atoms with Crippen LogP contribution >= 0.6 is 0 Å². The van der Waals surface area contributed by atoms with E-state index in [-0.39, 0.29) is 0 Å². The van der Waals surface area contributed by atoms with Crippen molar-refractivity contribution in [2.24, 2.45) is 0 Å².